The maximum atomic E-state index is 12.2. The molecule has 1 unspecified atom stereocenters. The summed E-state index contributed by atoms with van der Waals surface area (Å²) < 4.78 is 7.76. The van der Waals surface area contributed by atoms with E-state index in [0.29, 0.717) is 6.54 Å². The summed E-state index contributed by atoms with van der Waals surface area (Å²) in [6.07, 6.45) is 2.85. The number of carbonyl (C=O) groups excluding carboxylic acids is 1. The second kappa shape index (κ2) is 4.52. The molecule has 0 aliphatic carbocycles. The maximum absolute atomic E-state index is 12.2. The Bertz CT molecular complexity index is 517. The predicted octanol–water partition coefficient (Wildman–Crippen LogP) is 1.93. The van der Waals surface area contributed by atoms with Gasteiger partial charge in [0.25, 0.3) is 0 Å². The average molecular weight is 277 g/mol. The van der Waals surface area contributed by atoms with Crippen LogP contribution in [0.4, 0.5) is 4.79 Å². The Labute approximate surface area is 119 Å². The number of ether oxygens (including phenoxy) is 1. The smallest absolute Gasteiger partial charge is 0.410 e. The van der Waals surface area contributed by atoms with Gasteiger partial charge in [0.1, 0.15) is 5.60 Å². The number of likely N-dealkylation sites (tertiary alicyclic amines) is 1. The first-order chi connectivity index (χ1) is 9.40. The summed E-state index contributed by atoms with van der Waals surface area (Å²) in [5, 5.41) is 3.61. The van der Waals surface area contributed by atoms with Crippen LogP contribution in [0.15, 0.2) is 18.3 Å². The summed E-state index contributed by atoms with van der Waals surface area (Å²) in [7, 11) is 0. The van der Waals surface area contributed by atoms with Crippen molar-refractivity contribution in [3.05, 3.63) is 24.0 Å². The van der Waals surface area contributed by atoms with E-state index in [0.717, 1.165) is 26.1 Å². The van der Waals surface area contributed by atoms with Crippen LogP contribution in [-0.4, -0.2) is 40.8 Å². The predicted molar refractivity (Wildman–Crippen MR) is 76.5 cm³/mol. The maximum Gasteiger partial charge on any atom is 0.410 e. The highest BCUT2D eigenvalue weighted by Gasteiger charge is 2.45. The molecule has 3 rings (SSSR count). The van der Waals surface area contributed by atoms with Crippen molar-refractivity contribution in [2.75, 3.05) is 19.6 Å². The normalized spacial score (nSPS) is 25.9. The zero-order chi connectivity index (χ0) is 14.4. The van der Waals surface area contributed by atoms with E-state index >= 15 is 0 Å². The van der Waals surface area contributed by atoms with Gasteiger partial charge < -0.3 is 19.5 Å². The van der Waals surface area contributed by atoms with Gasteiger partial charge in [-0.15, -0.1) is 0 Å². The molecule has 0 aromatic carbocycles. The molecule has 1 spiro atoms. The van der Waals surface area contributed by atoms with Crippen LogP contribution < -0.4 is 5.32 Å². The van der Waals surface area contributed by atoms with Gasteiger partial charge in [0.15, 0.2) is 0 Å². The van der Waals surface area contributed by atoms with Gasteiger partial charge in [-0.2, -0.15) is 0 Å². The Balaban J connectivity index is 1.76. The number of rotatable bonds is 0. The van der Waals surface area contributed by atoms with E-state index in [2.05, 4.69) is 28.2 Å². The van der Waals surface area contributed by atoms with E-state index in [4.69, 9.17) is 4.74 Å². The molecule has 1 N–H and O–H groups in total. The first-order valence-corrected chi connectivity index (χ1v) is 7.28. The Morgan fingerprint density at radius 2 is 2.20 bits per heavy atom. The summed E-state index contributed by atoms with van der Waals surface area (Å²) >= 11 is 0. The molecule has 1 amide bonds. The minimum absolute atomic E-state index is 0.0986. The number of hydrogen-bond acceptors (Lipinski definition) is 3. The molecule has 2 aliphatic rings. The quantitative estimate of drug-likeness (QED) is 0.788. The van der Waals surface area contributed by atoms with Crippen molar-refractivity contribution in [1.29, 1.82) is 0 Å². The van der Waals surface area contributed by atoms with E-state index < -0.39 is 5.60 Å². The molecule has 0 radical (unpaired) electrons. The van der Waals surface area contributed by atoms with Crippen molar-refractivity contribution in [3.63, 3.8) is 0 Å². The molecule has 0 saturated carbocycles. The van der Waals surface area contributed by atoms with Gasteiger partial charge in [-0.05, 0) is 39.3 Å². The van der Waals surface area contributed by atoms with Crippen LogP contribution in [0.5, 0.6) is 0 Å². The fourth-order valence-corrected chi connectivity index (χ4v) is 3.20. The number of hydrogen-bond donors (Lipinski definition) is 1. The Morgan fingerprint density at radius 1 is 1.40 bits per heavy atom. The van der Waals surface area contributed by atoms with Gasteiger partial charge in [-0.3, -0.25) is 0 Å². The average Bonchev–Trinajstić information content (AvgIpc) is 2.95. The lowest BCUT2D eigenvalue weighted by Gasteiger charge is -2.36. The van der Waals surface area contributed by atoms with E-state index in [1.807, 2.05) is 25.7 Å². The third-order valence-electron chi connectivity index (χ3n) is 4.06. The Morgan fingerprint density at radius 3 is 2.95 bits per heavy atom. The van der Waals surface area contributed by atoms with Crippen molar-refractivity contribution in [2.24, 2.45) is 0 Å². The summed E-state index contributed by atoms with van der Waals surface area (Å²) in [6.45, 7) is 9.08. The number of aromatic nitrogens is 1. The lowest BCUT2D eigenvalue weighted by Crippen LogP contribution is -2.51. The minimum Gasteiger partial charge on any atom is -0.444 e. The van der Waals surface area contributed by atoms with Gasteiger partial charge >= 0.3 is 6.09 Å². The highest BCUT2D eigenvalue weighted by molar-refractivity contribution is 5.69. The summed E-state index contributed by atoms with van der Waals surface area (Å²) in [5.41, 5.74) is 0.751. The number of nitrogens with zero attached hydrogens (tertiary/aromatic N) is 2. The first-order valence-electron chi connectivity index (χ1n) is 7.28. The SMILES string of the molecule is CC(C)(C)OC(=O)N1CCC2(C1)NCCn1cccc12. The lowest BCUT2D eigenvalue weighted by molar-refractivity contribution is 0.0277. The number of carbonyl (C=O) groups is 1. The largest absolute Gasteiger partial charge is 0.444 e. The van der Waals surface area contributed by atoms with Crippen LogP contribution in [0.25, 0.3) is 0 Å². The molecule has 5 nitrogen and oxygen atoms in total. The van der Waals surface area contributed by atoms with Gasteiger partial charge in [-0.1, -0.05) is 0 Å². The second-order valence-corrected chi connectivity index (χ2v) is 6.75. The van der Waals surface area contributed by atoms with Crippen LogP contribution in [-0.2, 0) is 16.8 Å². The summed E-state index contributed by atoms with van der Waals surface area (Å²) in [5.74, 6) is 0. The van der Waals surface area contributed by atoms with Gasteiger partial charge in [0.05, 0.1) is 5.54 Å². The van der Waals surface area contributed by atoms with Crippen LogP contribution in [0.1, 0.15) is 32.9 Å². The van der Waals surface area contributed by atoms with E-state index in [1.54, 1.807) is 0 Å². The lowest BCUT2D eigenvalue weighted by atomic mass is 9.92. The van der Waals surface area contributed by atoms with Gasteiger partial charge in [0.2, 0.25) is 0 Å². The molecule has 110 valence electrons. The monoisotopic (exact) mass is 277 g/mol. The van der Waals surface area contributed by atoms with Gasteiger partial charge in [-0.25, -0.2) is 4.79 Å². The third-order valence-corrected chi connectivity index (χ3v) is 4.06. The highest BCUT2D eigenvalue weighted by atomic mass is 16.6. The molecule has 3 heterocycles. The van der Waals surface area contributed by atoms with Gasteiger partial charge in [0, 0.05) is 38.1 Å². The van der Waals surface area contributed by atoms with Crippen molar-refractivity contribution < 1.29 is 9.53 Å². The Hall–Kier alpha value is -1.49. The van der Waals surface area contributed by atoms with E-state index in [9.17, 15) is 4.79 Å². The zero-order valence-corrected chi connectivity index (χ0v) is 12.5. The van der Waals surface area contributed by atoms with E-state index in [1.165, 1.54) is 5.69 Å². The van der Waals surface area contributed by atoms with Crippen molar-refractivity contribution in [2.45, 2.75) is 44.9 Å². The molecule has 5 heteroatoms. The topological polar surface area (TPSA) is 46.5 Å². The third kappa shape index (κ3) is 2.30. The van der Waals surface area contributed by atoms with E-state index in [-0.39, 0.29) is 11.6 Å². The molecule has 1 fully saturated rings. The van der Waals surface area contributed by atoms with Crippen molar-refractivity contribution in [1.82, 2.24) is 14.8 Å². The molecule has 2 aliphatic heterocycles. The molecule has 20 heavy (non-hydrogen) atoms. The van der Waals surface area contributed by atoms with Crippen molar-refractivity contribution in [3.8, 4) is 0 Å². The molecule has 1 atom stereocenters. The summed E-state index contributed by atoms with van der Waals surface area (Å²) in [6, 6.07) is 4.24. The van der Waals surface area contributed by atoms with Crippen LogP contribution in [0.2, 0.25) is 0 Å². The van der Waals surface area contributed by atoms with Crippen LogP contribution >= 0.6 is 0 Å². The fourth-order valence-electron chi connectivity index (χ4n) is 3.20. The second-order valence-electron chi connectivity index (χ2n) is 6.75. The summed E-state index contributed by atoms with van der Waals surface area (Å²) in [4.78, 5) is 14.0. The number of amides is 1. The standard InChI is InChI=1S/C15H23N3O2/c1-14(2,3)20-13(19)18-9-6-15(11-18)12-5-4-8-17(12)10-7-16-15/h4-5,8,16H,6-7,9-11H2,1-3H3. The number of fused-ring (bicyclic) bond motifs is 2. The fraction of sp³-hybridized carbons (Fsp3) is 0.667. The first kappa shape index (κ1) is 13.5. The number of nitrogens with one attached hydrogen (secondary N) is 1. The molecular weight excluding hydrogens is 254 g/mol. The molecule has 1 aromatic heterocycles. The molecule has 1 aromatic rings. The van der Waals surface area contributed by atoms with Crippen LogP contribution in [0, 0.1) is 0 Å². The van der Waals surface area contributed by atoms with Crippen molar-refractivity contribution >= 4 is 6.09 Å². The molecule has 0 bridgehead atoms. The zero-order valence-electron chi connectivity index (χ0n) is 12.5. The van der Waals surface area contributed by atoms with Crippen LogP contribution in [0.3, 0.4) is 0 Å². The Kier molecular flexibility index (Phi) is 3.05. The molecular formula is C15H23N3O2. The highest BCUT2D eigenvalue weighted by Crippen LogP contribution is 2.34. The molecule has 1 saturated heterocycles. The minimum atomic E-state index is -0.437.